The predicted molar refractivity (Wildman–Crippen MR) is 92.6 cm³/mol. The number of nitrogens with zero attached hydrogens (tertiary/aromatic N) is 1. The summed E-state index contributed by atoms with van der Waals surface area (Å²) in [5.41, 5.74) is 0. The van der Waals surface area contributed by atoms with Crippen LogP contribution >= 0.6 is 0 Å². The highest BCUT2D eigenvalue weighted by Crippen LogP contribution is 2.31. The van der Waals surface area contributed by atoms with Crippen LogP contribution in [0.5, 0.6) is 0 Å². The first-order valence-corrected chi connectivity index (χ1v) is 9.53. The van der Waals surface area contributed by atoms with E-state index in [1.165, 1.54) is 51.6 Å². The number of rotatable bonds is 5. The van der Waals surface area contributed by atoms with E-state index in [-0.39, 0.29) is 0 Å². The van der Waals surface area contributed by atoms with Gasteiger partial charge in [0, 0.05) is 31.2 Å². The molecule has 0 aromatic rings. The molecule has 4 unspecified atom stereocenters. The quantitative estimate of drug-likeness (QED) is 0.813. The van der Waals surface area contributed by atoms with Gasteiger partial charge in [0.05, 0.1) is 0 Å². The van der Waals surface area contributed by atoms with Crippen molar-refractivity contribution in [1.82, 2.24) is 10.2 Å². The lowest BCUT2D eigenvalue weighted by molar-refractivity contribution is 0.0233. The maximum absolute atomic E-state index is 3.92. The summed E-state index contributed by atoms with van der Waals surface area (Å²) in [4.78, 5) is 2.86. The Bertz CT molecular complexity index is 296. The van der Waals surface area contributed by atoms with E-state index in [9.17, 15) is 0 Å². The molecule has 0 spiro atoms. The number of nitrogens with one attached hydrogen (secondary N) is 1. The molecule has 1 heterocycles. The van der Waals surface area contributed by atoms with Crippen molar-refractivity contribution in [3.63, 3.8) is 0 Å². The van der Waals surface area contributed by atoms with Crippen molar-refractivity contribution in [2.45, 2.75) is 91.3 Å². The monoisotopic (exact) mass is 294 g/mol. The van der Waals surface area contributed by atoms with E-state index in [1.54, 1.807) is 0 Å². The Morgan fingerprint density at radius 1 is 1.05 bits per heavy atom. The smallest absolute Gasteiger partial charge is 0.0247 e. The number of piperazine rings is 1. The molecule has 1 N–H and O–H groups in total. The van der Waals surface area contributed by atoms with Gasteiger partial charge >= 0.3 is 0 Å². The Morgan fingerprint density at radius 2 is 1.71 bits per heavy atom. The second-order valence-corrected chi connectivity index (χ2v) is 8.05. The Balaban J connectivity index is 2.03. The molecule has 0 bridgehead atoms. The van der Waals surface area contributed by atoms with Gasteiger partial charge in [0.1, 0.15) is 0 Å². The van der Waals surface area contributed by atoms with Gasteiger partial charge in [0.25, 0.3) is 0 Å². The summed E-state index contributed by atoms with van der Waals surface area (Å²) in [7, 11) is 0. The summed E-state index contributed by atoms with van der Waals surface area (Å²) in [5, 5.41) is 3.92. The molecule has 4 atom stereocenters. The zero-order valence-corrected chi connectivity index (χ0v) is 15.1. The summed E-state index contributed by atoms with van der Waals surface area (Å²) in [6.07, 6.45) is 8.58. The maximum Gasteiger partial charge on any atom is 0.0247 e. The van der Waals surface area contributed by atoms with Gasteiger partial charge in [-0.25, -0.2) is 0 Å². The van der Waals surface area contributed by atoms with Crippen molar-refractivity contribution in [3.05, 3.63) is 0 Å². The highest BCUT2D eigenvalue weighted by atomic mass is 15.3. The Hall–Kier alpha value is -0.0800. The topological polar surface area (TPSA) is 15.3 Å². The molecule has 124 valence electrons. The van der Waals surface area contributed by atoms with Crippen LogP contribution in [0.2, 0.25) is 0 Å². The van der Waals surface area contributed by atoms with Crippen LogP contribution in [0.3, 0.4) is 0 Å². The zero-order chi connectivity index (χ0) is 15.4. The first-order chi connectivity index (χ1) is 10.0. The van der Waals surface area contributed by atoms with Crippen LogP contribution < -0.4 is 5.32 Å². The predicted octanol–water partition coefficient (Wildman–Crippen LogP) is 4.30. The molecular weight excluding hydrogens is 256 g/mol. The first kappa shape index (κ1) is 17.3. The average molecular weight is 295 g/mol. The van der Waals surface area contributed by atoms with Gasteiger partial charge in [-0.2, -0.15) is 0 Å². The molecule has 2 nitrogen and oxygen atoms in total. The molecule has 1 aliphatic carbocycles. The maximum atomic E-state index is 3.92. The summed E-state index contributed by atoms with van der Waals surface area (Å²) >= 11 is 0. The van der Waals surface area contributed by atoms with Crippen molar-refractivity contribution >= 4 is 0 Å². The average Bonchev–Trinajstić information content (AvgIpc) is 2.53. The van der Waals surface area contributed by atoms with Gasteiger partial charge in [-0.05, 0) is 37.5 Å². The van der Waals surface area contributed by atoms with E-state index in [0.717, 1.165) is 29.8 Å². The van der Waals surface area contributed by atoms with Crippen molar-refractivity contribution in [2.24, 2.45) is 17.8 Å². The van der Waals surface area contributed by atoms with E-state index in [4.69, 9.17) is 0 Å². The van der Waals surface area contributed by atoms with Crippen LogP contribution in [0.4, 0.5) is 0 Å². The van der Waals surface area contributed by atoms with E-state index in [0.29, 0.717) is 6.04 Å². The van der Waals surface area contributed by atoms with Crippen LogP contribution in [0, 0.1) is 17.8 Å². The molecular formula is C19H38N2. The zero-order valence-electron chi connectivity index (χ0n) is 15.1. The number of hydrogen-bond acceptors (Lipinski definition) is 2. The van der Waals surface area contributed by atoms with Gasteiger partial charge < -0.3 is 5.32 Å². The summed E-state index contributed by atoms with van der Waals surface area (Å²) < 4.78 is 0. The fourth-order valence-corrected chi connectivity index (χ4v) is 4.42. The van der Waals surface area contributed by atoms with E-state index in [2.05, 4.69) is 44.8 Å². The molecule has 2 rings (SSSR count). The van der Waals surface area contributed by atoms with Crippen LogP contribution in [0.1, 0.15) is 73.1 Å². The van der Waals surface area contributed by atoms with Crippen LogP contribution in [0.15, 0.2) is 0 Å². The van der Waals surface area contributed by atoms with Gasteiger partial charge in [-0.15, -0.1) is 0 Å². The Morgan fingerprint density at radius 3 is 2.29 bits per heavy atom. The lowest BCUT2D eigenvalue weighted by Crippen LogP contribution is -2.63. The van der Waals surface area contributed by atoms with E-state index in [1.807, 2.05) is 0 Å². The lowest BCUT2D eigenvalue weighted by Gasteiger charge is -2.49. The first-order valence-electron chi connectivity index (χ1n) is 9.53. The largest absolute Gasteiger partial charge is 0.311 e. The Labute approximate surface area is 133 Å². The third-order valence-corrected chi connectivity index (χ3v) is 6.40. The summed E-state index contributed by atoms with van der Waals surface area (Å²) in [5.74, 6) is 2.48. The molecule has 1 aliphatic heterocycles. The lowest BCUT2D eigenvalue weighted by atomic mass is 9.81. The molecule has 0 radical (unpaired) electrons. The van der Waals surface area contributed by atoms with Crippen LogP contribution in [-0.2, 0) is 0 Å². The minimum atomic E-state index is 0.717. The molecule has 2 heteroatoms. The molecule has 0 aromatic carbocycles. The van der Waals surface area contributed by atoms with Crippen molar-refractivity contribution in [2.75, 3.05) is 13.1 Å². The normalized spacial score (nSPS) is 32.3. The Kier molecular flexibility index (Phi) is 6.55. The SMILES string of the molecule is CCC(C)C(C)N1CC(C2CCCCC2)NCC1C(C)C. The van der Waals surface area contributed by atoms with Crippen LogP contribution in [0.25, 0.3) is 0 Å². The molecule has 2 fully saturated rings. The van der Waals surface area contributed by atoms with E-state index < -0.39 is 0 Å². The fraction of sp³-hybridized carbons (Fsp3) is 1.00. The third-order valence-electron chi connectivity index (χ3n) is 6.40. The molecule has 0 aromatic heterocycles. The van der Waals surface area contributed by atoms with Gasteiger partial charge in [-0.1, -0.05) is 53.4 Å². The highest BCUT2D eigenvalue weighted by molar-refractivity contribution is 4.94. The minimum absolute atomic E-state index is 0.717. The third kappa shape index (κ3) is 4.22. The van der Waals surface area contributed by atoms with Gasteiger partial charge in [0.2, 0.25) is 0 Å². The molecule has 1 saturated heterocycles. The van der Waals surface area contributed by atoms with Gasteiger partial charge in [-0.3, -0.25) is 4.90 Å². The van der Waals surface area contributed by atoms with Gasteiger partial charge in [0.15, 0.2) is 0 Å². The van der Waals surface area contributed by atoms with Crippen LogP contribution in [-0.4, -0.2) is 36.1 Å². The standard InChI is InChI=1S/C19H38N2/c1-6-15(4)16(5)21-13-18(17-10-8-7-9-11-17)20-12-19(21)14(2)3/h14-20H,6-13H2,1-5H3. The summed E-state index contributed by atoms with van der Waals surface area (Å²) in [6.45, 7) is 14.5. The molecule has 21 heavy (non-hydrogen) atoms. The fourth-order valence-electron chi connectivity index (χ4n) is 4.42. The molecule has 0 amide bonds. The minimum Gasteiger partial charge on any atom is -0.311 e. The number of hydrogen-bond donors (Lipinski definition) is 1. The van der Waals surface area contributed by atoms with E-state index >= 15 is 0 Å². The van der Waals surface area contributed by atoms with Crippen molar-refractivity contribution < 1.29 is 0 Å². The van der Waals surface area contributed by atoms with Crippen molar-refractivity contribution in [3.8, 4) is 0 Å². The molecule has 2 aliphatic rings. The summed E-state index contributed by atoms with van der Waals surface area (Å²) in [6, 6.07) is 2.18. The molecule has 1 saturated carbocycles. The second kappa shape index (κ2) is 7.97. The second-order valence-electron chi connectivity index (χ2n) is 8.05. The highest BCUT2D eigenvalue weighted by Gasteiger charge is 2.37. The van der Waals surface area contributed by atoms with Crippen molar-refractivity contribution in [1.29, 1.82) is 0 Å².